The number of carbonyl (C=O) groups excluding carboxylic acids is 1. The van der Waals surface area contributed by atoms with Crippen LogP contribution in [0.2, 0.25) is 0 Å². The molecule has 0 unspecified atom stereocenters. The zero-order valence-electron chi connectivity index (χ0n) is 9.90. The molecule has 1 aromatic carbocycles. The fourth-order valence-electron chi connectivity index (χ4n) is 2.66. The molecule has 1 heterocycles. The molecule has 1 aromatic heterocycles. The van der Waals surface area contributed by atoms with E-state index < -0.39 is 11.4 Å². The molecular formula is C14H12O4. The zero-order valence-corrected chi connectivity index (χ0v) is 9.90. The van der Waals surface area contributed by atoms with Gasteiger partial charge >= 0.3 is 5.97 Å². The van der Waals surface area contributed by atoms with Crippen molar-refractivity contribution in [2.45, 2.75) is 25.2 Å². The molecule has 0 aliphatic heterocycles. The Bertz CT molecular complexity index is 657. The summed E-state index contributed by atoms with van der Waals surface area (Å²) < 4.78 is 5.68. The lowest BCUT2D eigenvalue weighted by molar-refractivity contribution is -0.154. The summed E-state index contributed by atoms with van der Waals surface area (Å²) >= 11 is 0. The number of rotatable bonds is 2. The van der Waals surface area contributed by atoms with E-state index in [1.165, 1.54) is 0 Å². The highest BCUT2D eigenvalue weighted by molar-refractivity contribution is 6.02. The first-order valence-corrected chi connectivity index (χ1v) is 5.78. The van der Waals surface area contributed by atoms with Crippen LogP contribution in [0.3, 0.4) is 0 Å². The van der Waals surface area contributed by atoms with Gasteiger partial charge in [0.15, 0.2) is 0 Å². The third kappa shape index (κ3) is 1.26. The molecule has 0 bridgehead atoms. The second-order valence-electron chi connectivity index (χ2n) is 4.83. The van der Waals surface area contributed by atoms with Crippen molar-refractivity contribution in [3.63, 3.8) is 0 Å². The first-order chi connectivity index (χ1) is 8.54. The van der Waals surface area contributed by atoms with Gasteiger partial charge in [0, 0.05) is 18.2 Å². The number of fused-ring (bicyclic) bond motifs is 1. The minimum atomic E-state index is -1.15. The SMILES string of the molecule is Cc1c(C2(C(=O)O)CC(=O)C2)oc2ccccc12. The Balaban J connectivity index is 2.22. The predicted molar refractivity (Wildman–Crippen MR) is 64.5 cm³/mol. The van der Waals surface area contributed by atoms with Gasteiger partial charge < -0.3 is 9.52 Å². The molecule has 4 heteroatoms. The average molecular weight is 244 g/mol. The van der Waals surface area contributed by atoms with Crippen molar-refractivity contribution >= 4 is 22.7 Å². The second kappa shape index (κ2) is 3.45. The van der Waals surface area contributed by atoms with Crippen molar-refractivity contribution in [2.75, 3.05) is 0 Å². The summed E-state index contributed by atoms with van der Waals surface area (Å²) in [5.41, 5.74) is 0.339. The number of furan rings is 1. The molecule has 2 aromatic rings. The van der Waals surface area contributed by atoms with Gasteiger partial charge in [0.05, 0.1) is 0 Å². The highest BCUT2D eigenvalue weighted by Gasteiger charge is 2.54. The Hall–Kier alpha value is -2.10. The van der Waals surface area contributed by atoms with Crippen LogP contribution >= 0.6 is 0 Å². The Labute approximate surface area is 103 Å². The molecule has 1 aliphatic rings. The molecule has 4 nitrogen and oxygen atoms in total. The van der Waals surface area contributed by atoms with E-state index >= 15 is 0 Å². The van der Waals surface area contributed by atoms with Gasteiger partial charge in [-0.3, -0.25) is 9.59 Å². The molecule has 1 aliphatic carbocycles. The van der Waals surface area contributed by atoms with Crippen LogP contribution in [-0.2, 0) is 15.0 Å². The molecule has 92 valence electrons. The average Bonchev–Trinajstić information content (AvgIpc) is 2.63. The molecule has 0 saturated heterocycles. The van der Waals surface area contributed by atoms with Gasteiger partial charge in [0.25, 0.3) is 0 Å². The summed E-state index contributed by atoms with van der Waals surface area (Å²) in [5.74, 6) is -0.586. The maximum absolute atomic E-state index is 11.5. The first-order valence-electron chi connectivity index (χ1n) is 5.78. The number of Topliss-reactive ketones (excluding diaryl/α,β-unsaturated/α-hetero) is 1. The standard InChI is InChI=1S/C14H12O4/c1-8-10-4-2-3-5-11(10)18-12(8)14(13(16)17)6-9(15)7-14/h2-5H,6-7H2,1H3,(H,16,17). The van der Waals surface area contributed by atoms with Gasteiger partial charge in [-0.05, 0) is 18.6 Å². The second-order valence-corrected chi connectivity index (χ2v) is 4.83. The van der Waals surface area contributed by atoms with Gasteiger partial charge in [-0.1, -0.05) is 18.2 Å². The molecule has 1 fully saturated rings. The minimum absolute atomic E-state index is 0.0303. The largest absolute Gasteiger partial charge is 0.480 e. The van der Waals surface area contributed by atoms with E-state index in [9.17, 15) is 14.7 Å². The number of carboxylic acid groups (broad SMARTS) is 1. The van der Waals surface area contributed by atoms with Crippen LogP contribution in [0, 0.1) is 6.92 Å². The van der Waals surface area contributed by atoms with E-state index in [4.69, 9.17) is 4.42 Å². The number of hydrogen-bond donors (Lipinski definition) is 1. The topological polar surface area (TPSA) is 67.5 Å². The van der Waals surface area contributed by atoms with E-state index in [1.54, 1.807) is 0 Å². The minimum Gasteiger partial charge on any atom is -0.480 e. The third-order valence-electron chi connectivity index (χ3n) is 3.69. The number of benzene rings is 1. The molecule has 0 radical (unpaired) electrons. The van der Waals surface area contributed by atoms with Gasteiger partial charge in [-0.2, -0.15) is 0 Å². The highest BCUT2D eigenvalue weighted by atomic mass is 16.4. The molecule has 18 heavy (non-hydrogen) atoms. The maximum Gasteiger partial charge on any atom is 0.318 e. The maximum atomic E-state index is 11.5. The quantitative estimate of drug-likeness (QED) is 0.880. The summed E-state index contributed by atoms with van der Waals surface area (Å²) in [7, 11) is 0. The highest BCUT2D eigenvalue weighted by Crippen LogP contribution is 2.45. The molecule has 0 amide bonds. The number of hydrogen-bond acceptors (Lipinski definition) is 3. The van der Waals surface area contributed by atoms with E-state index in [-0.39, 0.29) is 18.6 Å². The smallest absolute Gasteiger partial charge is 0.318 e. The molecular weight excluding hydrogens is 232 g/mol. The normalized spacial score (nSPS) is 17.7. The van der Waals surface area contributed by atoms with E-state index in [0.29, 0.717) is 11.3 Å². The van der Waals surface area contributed by atoms with E-state index in [2.05, 4.69) is 0 Å². The van der Waals surface area contributed by atoms with Crippen molar-refractivity contribution in [3.05, 3.63) is 35.6 Å². The number of ketones is 1. The summed E-state index contributed by atoms with van der Waals surface area (Å²) in [5, 5.41) is 10.3. The van der Waals surface area contributed by atoms with Crippen LogP contribution in [0.5, 0.6) is 0 Å². The Morgan fingerprint density at radius 1 is 1.33 bits per heavy atom. The lowest BCUT2D eigenvalue weighted by Crippen LogP contribution is -2.48. The molecule has 0 spiro atoms. The Morgan fingerprint density at radius 3 is 2.56 bits per heavy atom. The van der Waals surface area contributed by atoms with Gasteiger partial charge in [0.2, 0.25) is 0 Å². The van der Waals surface area contributed by atoms with Gasteiger partial charge in [-0.15, -0.1) is 0 Å². The monoisotopic (exact) mass is 244 g/mol. The molecule has 0 atom stereocenters. The zero-order chi connectivity index (χ0) is 12.9. The summed E-state index contributed by atoms with van der Waals surface area (Å²) in [4.78, 5) is 22.7. The third-order valence-corrected chi connectivity index (χ3v) is 3.69. The summed E-state index contributed by atoms with van der Waals surface area (Å²) in [6, 6.07) is 7.43. The fraction of sp³-hybridized carbons (Fsp3) is 0.286. The predicted octanol–water partition coefficient (Wildman–Crippen LogP) is 2.43. The van der Waals surface area contributed by atoms with Crippen molar-refractivity contribution in [1.29, 1.82) is 0 Å². The molecule has 1 N–H and O–H groups in total. The van der Waals surface area contributed by atoms with Crippen molar-refractivity contribution in [3.8, 4) is 0 Å². The van der Waals surface area contributed by atoms with Crippen LogP contribution in [0.15, 0.2) is 28.7 Å². The number of aryl methyl sites for hydroxylation is 1. The van der Waals surface area contributed by atoms with Crippen LogP contribution in [-0.4, -0.2) is 16.9 Å². The van der Waals surface area contributed by atoms with Crippen molar-refractivity contribution < 1.29 is 19.1 Å². The molecule has 3 rings (SSSR count). The van der Waals surface area contributed by atoms with Gasteiger partial charge in [-0.25, -0.2) is 0 Å². The number of aliphatic carboxylic acids is 1. The van der Waals surface area contributed by atoms with E-state index in [0.717, 1.165) is 10.9 Å². The van der Waals surface area contributed by atoms with Crippen LogP contribution in [0.1, 0.15) is 24.2 Å². The van der Waals surface area contributed by atoms with Crippen molar-refractivity contribution in [2.24, 2.45) is 0 Å². The summed E-state index contributed by atoms with van der Waals surface area (Å²) in [6.45, 7) is 1.84. The van der Waals surface area contributed by atoms with Crippen LogP contribution in [0.25, 0.3) is 11.0 Å². The van der Waals surface area contributed by atoms with Crippen LogP contribution < -0.4 is 0 Å². The Morgan fingerprint density at radius 2 is 2.00 bits per heavy atom. The van der Waals surface area contributed by atoms with E-state index in [1.807, 2.05) is 31.2 Å². The fourth-order valence-corrected chi connectivity index (χ4v) is 2.66. The first kappa shape index (κ1) is 11.0. The molecule has 1 saturated carbocycles. The summed E-state index contributed by atoms with van der Waals surface area (Å²) in [6.07, 6.45) is 0.0615. The number of para-hydroxylation sites is 1. The van der Waals surface area contributed by atoms with Crippen LogP contribution in [0.4, 0.5) is 0 Å². The Kier molecular flexibility index (Phi) is 2.11. The number of carbonyl (C=O) groups is 2. The lowest BCUT2D eigenvalue weighted by Gasteiger charge is -2.34. The van der Waals surface area contributed by atoms with Gasteiger partial charge in [0.1, 0.15) is 22.5 Å². The van der Waals surface area contributed by atoms with Crippen molar-refractivity contribution in [1.82, 2.24) is 0 Å². The lowest BCUT2D eigenvalue weighted by atomic mass is 9.65. The number of carboxylic acids is 1.